The molecule has 1 aliphatic carbocycles. The van der Waals surface area contributed by atoms with Crippen LogP contribution in [0.4, 0.5) is 0 Å². The van der Waals surface area contributed by atoms with Crippen molar-refractivity contribution in [2.45, 2.75) is 18.4 Å². The first-order valence-corrected chi connectivity index (χ1v) is 8.17. The Morgan fingerprint density at radius 3 is 2.56 bits per heavy atom. The average Bonchev–Trinajstić information content (AvgIpc) is 3.38. The minimum atomic E-state index is -0.777. The quantitative estimate of drug-likeness (QED) is 0.798. The normalized spacial score (nSPS) is 21.6. The van der Waals surface area contributed by atoms with E-state index >= 15 is 0 Å². The van der Waals surface area contributed by atoms with Gasteiger partial charge >= 0.3 is 5.97 Å². The predicted molar refractivity (Wildman–Crippen MR) is 93.1 cm³/mol. The fraction of sp³-hybridized carbons (Fsp3) is 0.350. The molecule has 2 unspecified atom stereocenters. The van der Waals surface area contributed by atoms with Gasteiger partial charge in [0.25, 0.3) is 0 Å². The minimum Gasteiger partial charge on any atom is -0.496 e. The van der Waals surface area contributed by atoms with E-state index < -0.39 is 17.3 Å². The van der Waals surface area contributed by atoms with E-state index in [-0.39, 0.29) is 0 Å². The molecule has 0 amide bonds. The van der Waals surface area contributed by atoms with Crippen molar-refractivity contribution in [3.8, 4) is 11.5 Å². The summed E-state index contributed by atoms with van der Waals surface area (Å²) in [6, 6.07) is 15.3. The molecule has 5 nitrogen and oxygen atoms in total. The van der Waals surface area contributed by atoms with Gasteiger partial charge in [-0.2, -0.15) is 0 Å². The summed E-state index contributed by atoms with van der Waals surface area (Å²) in [5, 5.41) is 9.44. The highest BCUT2D eigenvalue weighted by atomic mass is 16.5. The Kier molecular flexibility index (Phi) is 4.95. The first kappa shape index (κ1) is 17.3. The number of hydrogen-bond donors (Lipinski definition) is 1. The van der Waals surface area contributed by atoms with Gasteiger partial charge in [0.1, 0.15) is 11.5 Å². The number of hydrogen-bond acceptors (Lipinski definition) is 4. The Morgan fingerprint density at radius 2 is 1.96 bits per heavy atom. The van der Waals surface area contributed by atoms with E-state index in [1.165, 1.54) is 0 Å². The number of carbonyl (C=O) groups is 1. The van der Waals surface area contributed by atoms with Gasteiger partial charge < -0.3 is 19.3 Å². The van der Waals surface area contributed by atoms with E-state index in [2.05, 4.69) is 0 Å². The van der Waals surface area contributed by atoms with Crippen LogP contribution in [0.1, 0.15) is 17.5 Å². The molecule has 1 aliphatic rings. The van der Waals surface area contributed by atoms with Crippen LogP contribution in [-0.2, 0) is 21.6 Å². The van der Waals surface area contributed by atoms with Crippen LogP contribution in [-0.4, -0.2) is 31.9 Å². The van der Waals surface area contributed by atoms with E-state index in [1.807, 2.05) is 48.5 Å². The molecule has 2 atom stereocenters. The van der Waals surface area contributed by atoms with Crippen LogP contribution in [0.3, 0.4) is 0 Å². The lowest BCUT2D eigenvalue weighted by Gasteiger charge is -2.19. The predicted octanol–water partition coefficient (Wildman–Crippen LogP) is 3.26. The van der Waals surface area contributed by atoms with Crippen molar-refractivity contribution in [2.75, 3.05) is 20.8 Å². The summed E-state index contributed by atoms with van der Waals surface area (Å²) in [6.07, 6.45) is 0.589. The van der Waals surface area contributed by atoms with Crippen LogP contribution in [0.15, 0.2) is 48.5 Å². The SMILES string of the molecule is COCc1ccc(OCC2(c3ccccc3)CC2C(=O)O)cc1OC. The molecule has 0 radical (unpaired) electrons. The Bertz CT molecular complexity index is 743. The standard InChI is InChI=1S/C20H22O5/c1-23-12-14-8-9-16(10-18(14)24-2)25-13-20(11-17(20)19(21)22)15-6-4-3-5-7-15/h3-10,17H,11-13H2,1-2H3,(H,21,22). The third-order valence-corrected chi connectivity index (χ3v) is 4.78. The third kappa shape index (κ3) is 3.46. The van der Waals surface area contributed by atoms with Gasteiger partial charge in [-0.3, -0.25) is 4.79 Å². The number of aliphatic carboxylic acids is 1. The number of carboxylic acid groups (broad SMARTS) is 1. The molecule has 2 aromatic rings. The zero-order valence-electron chi connectivity index (χ0n) is 14.4. The van der Waals surface area contributed by atoms with Crippen molar-refractivity contribution in [1.82, 2.24) is 0 Å². The highest BCUT2D eigenvalue weighted by Gasteiger charge is 2.60. The molecule has 1 fully saturated rings. The summed E-state index contributed by atoms with van der Waals surface area (Å²) >= 11 is 0. The fourth-order valence-electron chi connectivity index (χ4n) is 3.26. The number of rotatable bonds is 8. The van der Waals surface area contributed by atoms with Gasteiger partial charge in [-0.1, -0.05) is 30.3 Å². The molecular weight excluding hydrogens is 320 g/mol. The third-order valence-electron chi connectivity index (χ3n) is 4.78. The second-order valence-electron chi connectivity index (χ2n) is 6.31. The summed E-state index contributed by atoms with van der Waals surface area (Å²) in [4.78, 5) is 11.5. The summed E-state index contributed by atoms with van der Waals surface area (Å²) < 4.78 is 16.5. The van der Waals surface area contributed by atoms with E-state index in [9.17, 15) is 9.90 Å². The van der Waals surface area contributed by atoms with Crippen LogP contribution in [0, 0.1) is 5.92 Å². The van der Waals surface area contributed by atoms with Gasteiger partial charge in [-0.05, 0) is 24.1 Å². The first-order valence-electron chi connectivity index (χ1n) is 8.17. The average molecular weight is 342 g/mol. The number of methoxy groups -OCH3 is 2. The number of carboxylic acids is 1. The molecule has 2 aromatic carbocycles. The molecule has 0 aromatic heterocycles. The molecule has 3 rings (SSSR count). The molecule has 1 saturated carbocycles. The molecule has 25 heavy (non-hydrogen) atoms. The van der Waals surface area contributed by atoms with E-state index in [0.29, 0.717) is 31.1 Å². The van der Waals surface area contributed by atoms with Gasteiger partial charge in [0.05, 0.1) is 26.2 Å². The largest absolute Gasteiger partial charge is 0.496 e. The van der Waals surface area contributed by atoms with Gasteiger partial charge in [-0.25, -0.2) is 0 Å². The van der Waals surface area contributed by atoms with Crippen molar-refractivity contribution in [2.24, 2.45) is 5.92 Å². The van der Waals surface area contributed by atoms with Crippen LogP contribution in [0.5, 0.6) is 11.5 Å². The fourth-order valence-corrected chi connectivity index (χ4v) is 3.26. The molecule has 0 bridgehead atoms. The van der Waals surface area contributed by atoms with Crippen molar-refractivity contribution < 1.29 is 24.1 Å². The number of ether oxygens (including phenoxy) is 3. The topological polar surface area (TPSA) is 65.0 Å². The molecule has 0 saturated heterocycles. The van der Waals surface area contributed by atoms with Crippen LogP contribution in [0.25, 0.3) is 0 Å². The van der Waals surface area contributed by atoms with Crippen molar-refractivity contribution in [3.05, 3.63) is 59.7 Å². The van der Waals surface area contributed by atoms with Crippen LogP contribution in [0.2, 0.25) is 0 Å². The van der Waals surface area contributed by atoms with Crippen LogP contribution < -0.4 is 9.47 Å². The molecule has 0 aliphatic heterocycles. The molecule has 0 spiro atoms. The summed E-state index contributed by atoms with van der Waals surface area (Å²) in [6.45, 7) is 0.777. The second-order valence-corrected chi connectivity index (χ2v) is 6.31. The zero-order valence-corrected chi connectivity index (χ0v) is 14.4. The maximum atomic E-state index is 11.5. The minimum absolute atomic E-state index is 0.320. The van der Waals surface area contributed by atoms with Crippen molar-refractivity contribution in [1.29, 1.82) is 0 Å². The van der Waals surface area contributed by atoms with Crippen molar-refractivity contribution in [3.63, 3.8) is 0 Å². The smallest absolute Gasteiger partial charge is 0.307 e. The Balaban J connectivity index is 1.78. The lowest BCUT2D eigenvalue weighted by Crippen LogP contribution is -2.23. The molecule has 1 N–H and O–H groups in total. The summed E-state index contributed by atoms with van der Waals surface area (Å²) in [5.74, 6) is 0.159. The monoisotopic (exact) mass is 342 g/mol. The Labute approximate surface area is 147 Å². The van der Waals surface area contributed by atoms with E-state index in [4.69, 9.17) is 14.2 Å². The second kappa shape index (κ2) is 7.15. The molecular formula is C20H22O5. The number of benzene rings is 2. The van der Waals surface area contributed by atoms with Crippen LogP contribution >= 0.6 is 0 Å². The molecule has 0 heterocycles. The van der Waals surface area contributed by atoms with Gasteiger partial charge in [0.15, 0.2) is 0 Å². The summed E-state index contributed by atoms with van der Waals surface area (Å²) in [5.41, 5.74) is 1.47. The maximum Gasteiger partial charge on any atom is 0.307 e. The van der Waals surface area contributed by atoms with E-state index in [0.717, 1.165) is 11.1 Å². The van der Waals surface area contributed by atoms with Gasteiger partial charge in [0.2, 0.25) is 0 Å². The molecule has 132 valence electrons. The zero-order chi connectivity index (χ0) is 17.9. The lowest BCUT2D eigenvalue weighted by molar-refractivity contribution is -0.139. The van der Waals surface area contributed by atoms with E-state index in [1.54, 1.807) is 14.2 Å². The highest BCUT2D eigenvalue weighted by Crippen LogP contribution is 2.54. The summed E-state index contributed by atoms with van der Waals surface area (Å²) in [7, 11) is 3.23. The molecule has 5 heteroatoms. The Morgan fingerprint density at radius 1 is 1.20 bits per heavy atom. The van der Waals surface area contributed by atoms with Gasteiger partial charge in [0, 0.05) is 24.2 Å². The maximum absolute atomic E-state index is 11.5. The first-order chi connectivity index (χ1) is 12.1. The Hall–Kier alpha value is -2.53. The van der Waals surface area contributed by atoms with Gasteiger partial charge in [-0.15, -0.1) is 0 Å². The van der Waals surface area contributed by atoms with Crippen molar-refractivity contribution >= 4 is 5.97 Å². The lowest BCUT2D eigenvalue weighted by atomic mass is 9.94. The highest BCUT2D eigenvalue weighted by molar-refractivity contribution is 5.77.